The number of amides is 2. The number of nitrogens with zero attached hydrogens (tertiary/aromatic N) is 1. The highest BCUT2D eigenvalue weighted by Crippen LogP contribution is 2.44. The number of oxime groups is 1. The molecule has 3 rings (SSSR count). The topological polar surface area (TPSA) is 118 Å². The number of benzene rings is 1. The zero-order chi connectivity index (χ0) is 36.4. The summed E-state index contributed by atoms with van der Waals surface area (Å²) in [5.41, 5.74) is -0.00721. The summed E-state index contributed by atoms with van der Waals surface area (Å²) in [6.45, 7) is 3.69. The molecule has 2 unspecified atom stereocenters. The van der Waals surface area contributed by atoms with Gasteiger partial charge in [0.2, 0.25) is 5.91 Å². The monoisotopic (exact) mass is 951 g/mol. The van der Waals surface area contributed by atoms with Crippen LogP contribution in [0.3, 0.4) is 0 Å². The van der Waals surface area contributed by atoms with E-state index in [1.54, 1.807) is 6.08 Å². The summed E-state index contributed by atoms with van der Waals surface area (Å²) in [6, 6.07) is 3.93. The van der Waals surface area contributed by atoms with Gasteiger partial charge in [0.1, 0.15) is 23.3 Å². The molecule has 1 spiro atoms. The molecule has 0 radical (unpaired) electrons. The van der Waals surface area contributed by atoms with Crippen LogP contribution in [0.25, 0.3) is 0 Å². The van der Waals surface area contributed by atoms with Crippen molar-refractivity contribution < 1.29 is 29.0 Å². The van der Waals surface area contributed by atoms with Gasteiger partial charge in [-0.25, -0.2) is 0 Å². The van der Waals surface area contributed by atoms with Gasteiger partial charge in [0, 0.05) is 25.9 Å². The third-order valence-corrected chi connectivity index (χ3v) is 11.5. The van der Waals surface area contributed by atoms with E-state index in [9.17, 15) is 14.7 Å². The summed E-state index contributed by atoms with van der Waals surface area (Å²) in [4.78, 5) is 30.7. The lowest BCUT2D eigenvalue weighted by Gasteiger charge is -2.33. The molecule has 2 atom stereocenters. The number of rotatable bonds is 24. The molecule has 9 nitrogen and oxygen atoms in total. The maximum Gasteiger partial charge on any atom is 0.269 e. The Morgan fingerprint density at radius 1 is 0.900 bits per heavy atom. The van der Waals surface area contributed by atoms with Gasteiger partial charge in [-0.3, -0.25) is 9.59 Å². The fourth-order valence-corrected chi connectivity index (χ4v) is 9.30. The molecule has 50 heavy (non-hydrogen) atoms. The SMILES string of the molecule is CCCCCCCCCCCCCCCC(=O)NCCCOc1c(Br)cc(CCNC(=O)C2=NOC3(C=C(Br)C(OC)=C(Br)C3O)C2)cc1Br. The Bertz CT molecular complexity index is 1330. The van der Waals surface area contributed by atoms with Crippen LogP contribution >= 0.6 is 63.7 Å². The van der Waals surface area contributed by atoms with Crippen molar-refractivity contribution in [3.05, 3.63) is 47.4 Å². The first-order valence-electron chi connectivity index (χ1n) is 18.0. The highest BCUT2D eigenvalue weighted by Gasteiger charge is 2.50. The lowest BCUT2D eigenvalue weighted by molar-refractivity contribution is -0.121. The molecule has 0 fully saturated rings. The first-order valence-corrected chi connectivity index (χ1v) is 21.2. The highest BCUT2D eigenvalue weighted by atomic mass is 79.9. The van der Waals surface area contributed by atoms with Gasteiger partial charge in [0.25, 0.3) is 5.91 Å². The minimum atomic E-state index is -1.20. The van der Waals surface area contributed by atoms with Crippen LogP contribution in [0.5, 0.6) is 5.75 Å². The first kappa shape index (κ1) is 43.0. The minimum absolute atomic E-state index is 0.105. The van der Waals surface area contributed by atoms with E-state index < -0.39 is 11.7 Å². The molecule has 0 bridgehead atoms. The third-order valence-electron chi connectivity index (χ3n) is 8.90. The van der Waals surface area contributed by atoms with Crippen LogP contribution in [0, 0.1) is 0 Å². The van der Waals surface area contributed by atoms with Crippen LogP contribution in [-0.2, 0) is 25.6 Å². The van der Waals surface area contributed by atoms with Crippen molar-refractivity contribution in [2.24, 2.45) is 5.16 Å². The summed E-state index contributed by atoms with van der Waals surface area (Å²) in [7, 11) is 1.50. The second-order valence-corrected chi connectivity index (χ2v) is 16.4. The zero-order valence-electron chi connectivity index (χ0n) is 29.4. The van der Waals surface area contributed by atoms with Crippen molar-refractivity contribution in [3.63, 3.8) is 0 Å². The van der Waals surface area contributed by atoms with Crippen molar-refractivity contribution >= 4 is 81.2 Å². The summed E-state index contributed by atoms with van der Waals surface area (Å²) in [5, 5.41) is 20.7. The number of aliphatic hydroxyl groups is 1. The number of aliphatic hydroxyl groups excluding tert-OH is 1. The Hall–Kier alpha value is -1.41. The number of carbonyl (C=O) groups excluding carboxylic acids is 2. The van der Waals surface area contributed by atoms with E-state index in [2.05, 4.69) is 86.4 Å². The van der Waals surface area contributed by atoms with E-state index >= 15 is 0 Å². The number of nitrogens with one attached hydrogen (secondary N) is 2. The van der Waals surface area contributed by atoms with Crippen molar-refractivity contribution in [2.45, 2.75) is 128 Å². The van der Waals surface area contributed by atoms with E-state index in [0.717, 1.165) is 27.4 Å². The van der Waals surface area contributed by atoms with Crippen LogP contribution < -0.4 is 15.4 Å². The Morgan fingerprint density at radius 3 is 2.10 bits per heavy atom. The van der Waals surface area contributed by atoms with Crippen LogP contribution in [0.4, 0.5) is 0 Å². The normalized spacial score (nSPS) is 18.5. The average Bonchev–Trinajstić information content (AvgIpc) is 3.51. The molecular formula is C37H53Br4N3O6. The highest BCUT2D eigenvalue weighted by molar-refractivity contribution is 9.12. The number of halogens is 4. The van der Waals surface area contributed by atoms with Crippen molar-refractivity contribution in [2.75, 3.05) is 26.8 Å². The maximum atomic E-state index is 12.9. The number of ether oxygens (including phenoxy) is 2. The molecule has 1 aromatic rings. The lowest BCUT2D eigenvalue weighted by atomic mass is 9.87. The maximum absolute atomic E-state index is 12.9. The molecule has 1 aromatic carbocycles. The van der Waals surface area contributed by atoms with Crippen molar-refractivity contribution in [1.82, 2.24) is 10.6 Å². The van der Waals surface area contributed by atoms with Gasteiger partial charge in [-0.1, -0.05) is 89.1 Å². The molecule has 1 heterocycles. The van der Waals surface area contributed by atoms with E-state index in [4.69, 9.17) is 14.3 Å². The summed E-state index contributed by atoms with van der Waals surface area (Å²) >= 11 is 14.0. The fraction of sp³-hybridized carbons (Fsp3) is 0.649. The molecular weight excluding hydrogens is 902 g/mol. The summed E-state index contributed by atoms with van der Waals surface area (Å²) < 4.78 is 13.9. The van der Waals surface area contributed by atoms with Gasteiger partial charge < -0.3 is 30.1 Å². The fourth-order valence-electron chi connectivity index (χ4n) is 6.00. The quantitative estimate of drug-likeness (QED) is 0.0889. The van der Waals surface area contributed by atoms with E-state index in [1.165, 1.54) is 77.7 Å². The van der Waals surface area contributed by atoms with Crippen LogP contribution in [0.15, 0.2) is 47.0 Å². The van der Waals surface area contributed by atoms with Gasteiger partial charge >= 0.3 is 0 Å². The Balaban J connectivity index is 1.25. The number of allylic oxidation sites excluding steroid dienone is 1. The standard InChI is InChI=1S/C37H53Br4N3O6/c1-3-4-5-6-7-8-9-10-11-12-13-14-15-17-31(45)42-19-16-21-49-33-27(38)22-26(23-28(33)39)18-20-43-36(47)30-25-37(50-44-30)24-29(40)34(48-2)32(41)35(37)46/h22-24,35,46H,3-21,25H2,1-2H3,(H,42,45)(H,43,47). The van der Waals surface area contributed by atoms with Gasteiger partial charge in [0.05, 0.1) is 31.6 Å². The van der Waals surface area contributed by atoms with E-state index in [1.807, 2.05) is 12.1 Å². The van der Waals surface area contributed by atoms with Crippen LogP contribution in [0.1, 0.15) is 115 Å². The Labute approximate surface area is 331 Å². The number of methoxy groups -OCH3 is 1. The van der Waals surface area contributed by atoms with Gasteiger partial charge in [-0.2, -0.15) is 0 Å². The molecule has 3 N–H and O–H groups in total. The van der Waals surface area contributed by atoms with Gasteiger partial charge in [-0.15, -0.1) is 0 Å². The van der Waals surface area contributed by atoms with Crippen molar-refractivity contribution in [1.29, 1.82) is 0 Å². The number of carbonyl (C=O) groups is 2. The molecule has 280 valence electrons. The Morgan fingerprint density at radius 2 is 1.50 bits per heavy atom. The summed E-state index contributed by atoms with van der Waals surface area (Å²) in [5.74, 6) is 0.908. The average molecular weight is 955 g/mol. The van der Waals surface area contributed by atoms with Gasteiger partial charge in [0.15, 0.2) is 5.60 Å². The molecule has 0 saturated carbocycles. The van der Waals surface area contributed by atoms with Crippen LogP contribution in [-0.4, -0.2) is 61.1 Å². The Kier molecular flexibility index (Phi) is 20.0. The van der Waals surface area contributed by atoms with Crippen LogP contribution in [0.2, 0.25) is 0 Å². The van der Waals surface area contributed by atoms with Crippen molar-refractivity contribution in [3.8, 4) is 5.75 Å². The number of hydrogen-bond donors (Lipinski definition) is 3. The number of unbranched alkanes of at least 4 members (excludes halogenated alkanes) is 12. The molecule has 1 aliphatic heterocycles. The smallest absolute Gasteiger partial charge is 0.269 e. The molecule has 13 heteroatoms. The molecule has 0 saturated heterocycles. The largest absolute Gasteiger partial charge is 0.495 e. The first-order chi connectivity index (χ1) is 24.1. The number of hydrogen-bond acceptors (Lipinski definition) is 7. The predicted molar refractivity (Wildman–Crippen MR) is 214 cm³/mol. The van der Waals surface area contributed by atoms with E-state index in [0.29, 0.717) is 59.4 Å². The third kappa shape index (κ3) is 13.9. The lowest BCUT2D eigenvalue weighted by Crippen LogP contribution is -2.45. The predicted octanol–water partition coefficient (Wildman–Crippen LogP) is 9.66. The molecule has 2 amide bonds. The molecule has 1 aliphatic carbocycles. The van der Waals surface area contributed by atoms with E-state index in [-0.39, 0.29) is 23.9 Å². The second-order valence-electron chi connectivity index (χ2n) is 13.0. The van der Waals surface area contributed by atoms with Gasteiger partial charge in [-0.05, 0) is 107 Å². The zero-order valence-corrected chi connectivity index (χ0v) is 35.7. The molecule has 0 aromatic heterocycles. The summed E-state index contributed by atoms with van der Waals surface area (Å²) in [6.07, 6.45) is 19.4. The minimum Gasteiger partial charge on any atom is -0.495 e. The molecule has 2 aliphatic rings. The second kappa shape index (κ2) is 23.3.